The van der Waals surface area contributed by atoms with Gasteiger partial charge < -0.3 is 10.1 Å². The van der Waals surface area contributed by atoms with Crippen LogP contribution in [-0.4, -0.2) is 28.6 Å². The fourth-order valence-electron chi connectivity index (χ4n) is 2.51. The van der Waals surface area contributed by atoms with Gasteiger partial charge in [-0.05, 0) is 50.1 Å². The Hall–Kier alpha value is -2.67. The Balaban J connectivity index is 1.64. The summed E-state index contributed by atoms with van der Waals surface area (Å²) in [4.78, 5) is 12.1. The van der Waals surface area contributed by atoms with Gasteiger partial charge in [0.1, 0.15) is 11.6 Å². The van der Waals surface area contributed by atoms with E-state index in [0.29, 0.717) is 11.6 Å². The molecule has 1 fully saturated rings. The Bertz CT molecular complexity index is 866. The molecule has 3 rings (SSSR count). The zero-order valence-electron chi connectivity index (χ0n) is 15.1. The van der Waals surface area contributed by atoms with E-state index in [-0.39, 0.29) is 23.1 Å². The first-order valence-electron chi connectivity index (χ1n) is 8.60. The molecular formula is C20H20FN3O2S. The van der Waals surface area contributed by atoms with Crippen LogP contribution >= 0.6 is 11.8 Å². The Morgan fingerprint density at radius 3 is 2.70 bits per heavy atom. The molecule has 0 radical (unpaired) electrons. The van der Waals surface area contributed by atoms with Gasteiger partial charge in [-0.3, -0.25) is 4.79 Å². The number of para-hydroxylation sites is 1. The molecule has 1 N–H and O–H groups in total. The predicted molar refractivity (Wildman–Crippen MR) is 107 cm³/mol. The molecule has 0 aromatic heterocycles. The van der Waals surface area contributed by atoms with E-state index in [1.54, 1.807) is 18.3 Å². The van der Waals surface area contributed by atoms with Crippen LogP contribution in [0.15, 0.2) is 58.7 Å². The van der Waals surface area contributed by atoms with Crippen molar-refractivity contribution in [2.75, 3.05) is 0 Å². The molecule has 2 aromatic rings. The summed E-state index contributed by atoms with van der Waals surface area (Å²) >= 11 is 1.32. The molecule has 0 aliphatic carbocycles. The summed E-state index contributed by atoms with van der Waals surface area (Å²) in [7, 11) is 0. The molecule has 0 bridgehead atoms. The minimum atomic E-state index is -0.305. The topological polar surface area (TPSA) is 63.1 Å². The largest absolute Gasteiger partial charge is 0.490 e. The highest BCUT2D eigenvalue weighted by Crippen LogP contribution is 2.23. The van der Waals surface area contributed by atoms with E-state index in [2.05, 4.69) is 15.5 Å². The Morgan fingerprint density at radius 1 is 1.22 bits per heavy atom. The first kappa shape index (κ1) is 19.1. The van der Waals surface area contributed by atoms with Crippen LogP contribution in [0.3, 0.4) is 0 Å². The number of rotatable bonds is 6. The van der Waals surface area contributed by atoms with Crippen LogP contribution in [0.5, 0.6) is 5.75 Å². The number of nitrogens with one attached hydrogen (secondary N) is 1. The van der Waals surface area contributed by atoms with Crippen molar-refractivity contribution in [1.29, 1.82) is 0 Å². The molecule has 1 aliphatic rings. The lowest BCUT2D eigenvalue weighted by Gasteiger charge is -2.11. The SMILES string of the molecule is CC(C)Oc1ccccc1/C=N\N=C1\NC(=O)[C@H](Cc2ccc(F)cc2)S1. The van der Waals surface area contributed by atoms with E-state index in [0.717, 1.165) is 16.9 Å². The van der Waals surface area contributed by atoms with Gasteiger partial charge in [-0.2, -0.15) is 5.10 Å². The highest BCUT2D eigenvalue weighted by molar-refractivity contribution is 8.15. The summed E-state index contributed by atoms with van der Waals surface area (Å²) in [5.74, 6) is 0.316. The molecular weight excluding hydrogens is 365 g/mol. The number of carbonyl (C=O) groups is 1. The van der Waals surface area contributed by atoms with Gasteiger partial charge in [-0.25, -0.2) is 4.39 Å². The lowest BCUT2D eigenvalue weighted by Crippen LogP contribution is -2.25. The molecule has 1 saturated heterocycles. The molecule has 5 nitrogen and oxygen atoms in total. The van der Waals surface area contributed by atoms with Crippen LogP contribution in [0, 0.1) is 5.82 Å². The van der Waals surface area contributed by atoms with Gasteiger partial charge in [0.2, 0.25) is 5.91 Å². The molecule has 1 aliphatic heterocycles. The fraction of sp³-hybridized carbons (Fsp3) is 0.250. The van der Waals surface area contributed by atoms with E-state index < -0.39 is 0 Å². The van der Waals surface area contributed by atoms with Gasteiger partial charge in [0, 0.05) is 5.56 Å². The number of amides is 1. The summed E-state index contributed by atoms with van der Waals surface area (Å²) in [6, 6.07) is 13.7. The minimum Gasteiger partial charge on any atom is -0.490 e. The average molecular weight is 385 g/mol. The van der Waals surface area contributed by atoms with Crippen LogP contribution in [0.4, 0.5) is 4.39 Å². The second kappa shape index (κ2) is 8.81. The third kappa shape index (κ3) is 5.40. The van der Waals surface area contributed by atoms with E-state index >= 15 is 0 Å². The zero-order valence-corrected chi connectivity index (χ0v) is 15.9. The molecule has 0 spiro atoms. The van der Waals surface area contributed by atoms with E-state index in [9.17, 15) is 9.18 Å². The van der Waals surface area contributed by atoms with Crippen LogP contribution in [-0.2, 0) is 11.2 Å². The predicted octanol–water partition coefficient (Wildman–Crippen LogP) is 3.78. The first-order chi connectivity index (χ1) is 13.0. The van der Waals surface area contributed by atoms with Crippen molar-refractivity contribution < 1.29 is 13.9 Å². The molecule has 2 aromatic carbocycles. The summed E-state index contributed by atoms with van der Waals surface area (Å²) < 4.78 is 18.7. The van der Waals surface area contributed by atoms with Gasteiger partial charge in [0.15, 0.2) is 5.17 Å². The lowest BCUT2D eigenvalue weighted by molar-refractivity contribution is -0.118. The number of halogens is 1. The average Bonchev–Trinajstić information content (AvgIpc) is 2.97. The number of benzene rings is 2. The van der Waals surface area contributed by atoms with Gasteiger partial charge in [0.25, 0.3) is 0 Å². The van der Waals surface area contributed by atoms with Crippen molar-refractivity contribution in [2.45, 2.75) is 31.6 Å². The third-order valence-electron chi connectivity index (χ3n) is 3.74. The van der Waals surface area contributed by atoms with Crippen molar-refractivity contribution in [1.82, 2.24) is 5.32 Å². The maximum Gasteiger partial charge on any atom is 0.239 e. The van der Waals surface area contributed by atoms with Crippen LogP contribution in [0.25, 0.3) is 0 Å². The highest BCUT2D eigenvalue weighted by Gasteiger charge is 2.30. The molecule has 0 saturated carbocycles. The molecule has 140 valence electrons. The second-order valence-electron chi connectivity index (χ2n) is 6.28. The van der Waals surface area contributed by atoms with E-state index in [1.165, 1.54) is 23.9 Å². The van der Waals surface area contributed by atoms with E-state index in [1.807, 2.05) is 38.1 Å². The zero-order chi connectivity index (χ0) is 19.2. The number of hydrogen-bond donors (Lipinski definition) is 1. The van der Waals surface area contributed by atoms with Gasteiger partial charge in [-0.1, -0.05) is 36.0 Å². The molecule has 0 unspecified atom stereocenters. The van der Waals surface area contributed by atoms with Gasteiger partial charge in [-0.15, -0.1) is 5.10 Å². The second-order valence-corrected chi connectivity index (χ2v) is 7.47. The fourth-order valence-corrected chi connectivity index (χ4v) is 3.48. The monoisotopic (exact) mass is 385 g/mol. The van der Waals surface area contributed by atoms with Crippen molar-refractivity contribution in [3.63, 3.8) is 0 Å². The Kier molecular flexibility index (Phi) is 6.24. The van der Waals surface area contributed by atoms with Crippen LogP contribution in [0.2, 0.25) is 0 Å². The van der Waals surface area contributed by atoms with E-state index in [4.69, 9.17) is 4.74 Å². The molecule has 1 heterocycles. The molecule has 1 amide bonds. The Labute approximate surface area is 161 Å². The quantitative estimate of drug-likeness (QED) is 0.608. The summed E-state index contributed by atoms with van der Waals surface area (Å²) in [6.45, 7) is 3.92. The molecule has 1 atom stereocenters. The number of nitrogens with zero attached hydrogens (tertiary/aromatic N) is 2. The highest BCUT2D eigenvalue weighted by atomic mass is 32.2. The minimum absolute atomic E-state index is 0.0581. The van der Waals surface area contributed by atoms with Gasteiger partial charge >= 0.3 is 0 Å². The Morgan fingerprint density at radius 2 is 1.96 bits per heavy atom. The summed E-state index contributed by atoms with van der Waals surface area (Å²) in [5.41, 5.74) is 1.71. The number of thioether (sulfide) groups is 1. The van der Waals surface area contributed by atoms with Crippen LogP contribution in [0.1, 0.15) is 25.0 Å². The number of ether oxygens (including phenoxy) is 1. The van der Waals surface area contributed by atoms with Crippen molar-refractivity contribution >= 4 is 29.1 Å². The van der Waals surface area contributed by atoms with Crippen molar-refractivity contribution in [3.05, 3.63) is 65.5 Å². The van der Waals surface area contributed by atoms with Crippen molar-refractivity contribution in [3.8, 4) is 5.75 Å². The van der Waals surface area contributed by atoms with Crippen LogP contribution < -0.4 is 10.1 Å². The van der Waals surface area contributed by atoms with Crippen molar-refractivity contribution in [2.24, 2.45) is 10.2 Å². The molecule has 7 heteroatoms. The van der Waals surface area contributed by atoms with Gasteiger partial charge in [0.05, 0.1) is 17.6 Å². The maximum absolute atomic E-state index is 13.0. The maximum atomic E-state index is 13.0. The smallest absolute Gasteiger partial charge is 0.239 e. The normalized spacial score (nSPS) is 18.4. The first-order valence-corrected chi connectivity index (χ1v) is 9.48. The number of hydrogen-bond acceptors (Lipinski definition) is 5. The summed E-state index contributed by atoms with van der Waals surface area (Å²) in [5, 5.41) is 11.0. The number of amidine groups is 1. The standard InChI is InChI=1S/C20H20FN3O2S/c1-13(2)26-17-6-4-3-5-15(17)12-22-24-20-23-19(25)18(27-20)11-14-7-9-16(21)10-8-14/h3-10,12-13,18H,11H2,1-2H3,(H,23,24,25)/b22-12-/t18-/m0/s1. The molecule has 27 heavy (non-hydrogen) atoms. The third-order valence-corrected chi connectivity index (χ3v) is 4.81. The lowest BCUT2D eigenvalue weighted by atomic mass is 10.1. The summed E-state index contributed by atoms with van der Waals surface area (Å²) in [6.07, 6.45) is 2.16. The number of carbonyl (C=O) groups excluding carboxylic acids is 1.